The molecule has 108 valence electrons. The lowest BCUT2D eigenvalue weighted by Gasteiger charge is -2.30. The van der Waals surface area contributed by atoms with Crippen LogP contribution in [-0.2, 0) is 6.54 Å². The van der Waals surface area contributed by atoms with Gasteiger partial charge in [-0.3, -0.25) is 0 Å². The molecule has 0 radical (unpaired) electrons. The molecule has 1 aromatic rings. The molecule has 0 unspecified atom stereocenters. The van der Waals surface area contributed by atoms with Crippen LogP contribution in [0, 0.1) is 5.92 Å². The maximum atomic E-state index is 6.40. The van der Waals surface area contributed by atoms with Gasteiger partial charge in [0.15, 0.2) is 0 Å². The molecule has 0 aromatic carbocycles. The molecule has 1 N–H and O–H groups in total. The van der Waals surface area contributed by atoms with Gasteiger partial charge in [0.05, 0.1) is 5.02 Å². The molecule has 0 saturated heterocycles. The Balaban J connectivity index is 2.91. The van der Waals surface area contributed by atoms with Gasteiger partial charge in [0.1, 0.15) is 5.82 Å². The van der Waals surface area contributed by atoms with Gasteiger partial charge in [-0.1, -0.05) is 32.4 Å². The van der Waals surface area contributed by atoms with Crippen molar-refractivity contribution in [2.24, 2.45) is 5.92 Å². The molecular formula is C15H26ClN3. The summed E-state index contributed by atoms with van der Waals surface area (Å²) in [5, 5.41) is 4.02. The first-order chi connectivity index (χ1) is 8.95. The minimum absolute atomic E-state index is 0.395. The first kappa shape index (κ1) is 16.3. The van der Waals surface area contributed by atoms with Gasteiger partial charge in [-0.15, -0.1) is 0 Å². The molecular weight excluding hydrogens is 258 g/mol. The van der Waals surface area contributed by atoms with Crippen molar-refractivity contribution in [3.05, 3.63) is 22.8 Å². The van der Waals surface area contributed by atoms with Crippen LogP contribution in [0.15, 0.2) is 12.3 Å². The van der Waals surface area contributed by atoms with Crippen molar-refractivity contribution in [3.63, 3.8) is 0 Å². The number of halogens is 1. The fourth-order valence-corrected chi connectivity index (χ4v) is 2.28. The van der Waals surface area contributed by atoms with Crippen LogP contribution < -0.4 is 10.2 Å². The van der Waals surface area contributed by atoms with E-state index in [0.29, 0.717) is 12.0 Å². The van der Waals surface area contributed by atoms with E-state index in [1.165, 1.54) is 0 Å². The first-order valence-corrected chi connectivity index (χ1v) is 7.45. The summed E-state index contributed by atoms with van der Waals surface area (Å²) in [5.41, 5.74) is 1.13. The lowest BCUT2D eigenvalue weighted by molar-refractivity contribution is 0.566. The summed E-state index contributed by atoms with van der Waals surface area (Å²) in [4.78, 5) is 6.83. The van der Waals surface area contributed by atoms with Gasteiger partial charge in [0.25, 0.3) is 0 Å². The number of hydrogen-bond acceptors (Lipinski definition) is 3. The average Bonchev–Trinajstić information content (AvgIpc) is 2.33. The van der Waals surface area contributed by atoms with Crippen LogP contribution in [0.2, 0.25) is 5.02 Å². The van der Waals surface area contributed by atoms with Crippen molar-refractivity contribution in [1.82, 2.24) is 10.3 Å². The molecule has 19 heavy (non-hydrogen) atoms. The second-order valence-corrected chi connectivity index (χ2v) is 5.98. The quantitative estimate of drug-likeness (QED) is 0.827. The largest absolute Gasteiger partial charge is 0.353 e. The lowest BCUT2D eigenvalue weighted by Crippen LogP contribution is -2.35. The van der Waals surface area contributed by atoms with E-state index >= 15 is 0 Å². The number of aromatic nitrogens is 1. The highest BCUT2D eigenvalue weighted by atomic mass is 35.5. The maximum Gasteiger partial charge on any atom is 0.147 e. The third-order valence-electron chi connectivity index (χ3n) is 2.91. The summed E-state index contributed by atoms with van der Waals surface area (Å²) in [5.74, 6) is 1.48. The monoisotopic (exact) mass is 283 g/mol. The minimum atomic E-state index is 0.395. The van der Waals surface area contributed by atoms with Crippen LogP contribution in [0.4, 0.5) is 5.82 Å². The van der Waals surface area contributed by atoms with Crippen LogP contribution in [-0.4, -0.2) is 24.1 Å². The van der Waals surface area contributed by atoms with E-state index in [0.717, 1.165) is 36.0 Å². The van der Waals surface area contributed by atoms with Gasteiger partial charge in [-0.05, 0) is 37.9 Å². The van der Waals surface area contributed by atoms with Gasteiger partial charge >= 0.3 is 0 Å². The Morgan fingerprint density at radius 3 is 2.47 bits per heavy atom. The lowest BCUT2D eigenvalue weighted by atomic mass is 10.1. The molecule has 1 aromatic heterocycles. The number of hydrogen-bond donors (Lipinski definition) is 1. The van der Waals surface area contributed by atoms with Crippen LogP contribution >= 0.6 is 11.6 Å². The Labute approximate surface area is 122 Å². The van der Waals surface area contributed by atoms with E-state index < -0.39 is 0 Å². The molecule has 0 bridgehead atoms. The zero-order valence-electron chi connectivity index (χ0n) is 12.7. The number of nitrogens with zero attached hydrogens (tertiary/aromatic N) is 2. The predicted octanol–water partition coefficient (Wildman–Crippen LogP) is 3.72. The van der Waals surface area contributed by atoms with Gasteiger partial charge in [-0.2, -0.15) is 0 Å². The second-order valence-electron chi connectivity index (χ2n) is 5.57. The molecule has 1 rings (SSSR count). The van der Waals surface area contributed by atoms with E-state index in [-0.39, 0.29) is 0 Å². The summed E-state index contributed by atoms with van der Waals surface area (Å²) in [6.07, 6.45) is 1.92. The number of pyridine rings is 1. The van der Waals surface area contributed by atoms with Crippen LogP contribution in [0.25, 0.3) is 0 Å². The van der Waals surface area contributed by atoms with Crippen molar-refractivity contribution < 1.29 is 0 Å². The van der Waals surface area contributed by atoms with Gasteiger partial charge in [-0.25, -0.2) is 4.98 Å². The fraction of sp³-hybridized carbons (Fsp3) is 0.667. The van der Waals surface area contributed by atoms with E-state index in [1.54, 1.807) is 0 Å². The van der Waals surface area contributed by atoms with Crippen LogP contribution in [0.3, 0.4) is 0 Å². The highest BCUT2D eigenvalue weighted by Gasteiger charge is 2.16. The fourth-order valence-electron chi connectivity index (χ4n) is 1.98. The molecule has 3 nitrogen and oxygen atoms in total. The topological polar surface area (TPSA) is 28.2 Å². The molecule has 0 atom stereocenters. The number of nitrogens with one attached hydrogen (secondary N) is 1. The zero-order valence-corrected chi connectivity index (χ0v) is 13.5. The third-order valence-corrected chi connectivity index (χ3v) is 3.19. The van der Waals surface area contributed by atoms with Gasteiger partial charge < -0.3 is 10.2 Å². The molecule has 0 saturated carbocycles. The highest BCUT2D eigenvalue weighted by molar-refractivity contribution is 6.33. The van der Waals surface area contributed by atoms with Gasteiger partial charge in [0, 0.05) is 25.3 Å². The summed E-state index contributed by atoms with van der Waals surface area (Å²) >= 11 is 6.40. The second kappa shape index (κ2) is 7.71. The van der Waals surface area contributed by atoms with Crippen molar-refractivity contribution in [2.45, 2.75) is 47.2 Å². The normalized spacial score (nSPS) is 11.4. The van der Waals surface area contributed by atoms with E-state index in [2.05, 4.69) is 49.8 Å². The molecule has 0 aliphatic heterocycles. The smallest absolute Gasteiger partial charge is 0.147 e. The van der Waals surface area contributed by atoms with Crippen molar-refractivity contribution in [2.75, 3.05) is 18.0 Å². The number of anilines is 1. The molecule has 1 heterocycles. The van der Waals surface area contributed by atoms with Crippen LogP contribution in [0.1, 0.15) is 40.2 Å². The van der Waals surface area contributed by atoms with E-state index in [4.69, 9.17) is 11.6 Å². The maximum absolute atomic E-state index is 6.40. The van der Waals surface area contributed by atoms with Crippen LogP contribution in [0.5, 0.6) is 0 Å². The molecule has 0 aliphatic carbocycles. The third kappa shape index (κ3) is 5.00. The predicted molar refractivity (Wildman–Crippen MR) is 83.9 cm³/mol. The summed E-state index contributed by atoms with van der Waals surface area (Å²) in [6.45, 7) is 13.6. The summed E-state index contributed by atoms with van der Waals surface area (Å²) < 4.78 is 0. The summed E-state index contributed by atoms with van der Waals surface area (Å²) in [6, 6.07) is 2.41. The molecule has 0 amide bonds. The Hall–Kier alpha value is -0.800. The summed E-state index contributed by atoms with van der Waals surface area (Å²) in [7, 11) is 0. The first-order valence-electron chi connectivity index (χ1n) is 7.07. The minimum Gasteiger partial charge on any atom is -0.353 e. The van der Waals surface area contributed by atoms with E-state index in [1.807, 2.05) is 12.3 Å². The Morgan fingerprint density at radius 2 is 2.00 bits per heavy atom. The Morgan fingerprint density at radius 1 is 1.32 bits per heavy atom. The molecule has 0 fully saturated rings. The zero-order chi connectivity index (χ0) is 14.4. The average molecular weight is 284 g/mol. The number of rotatable bonds is 7. The SMILES string of the molecule is CCNCc1cnc(N(CC(C)C)C(C)C)c(Cl)c1. The molecule has 0 spiro atoms. The van der Waals surface area contributed by atoms with E-state index in [9.17, 15) is 0 Å². The molecule has 0 aliphatic rings. The standard InChI is InChI=1S/C15H26ClN3/c1-6-17-8-13-7-14(16)15(18-9-13)19(12(4)5)10-11(2)3/h7,9,11-12,17H,6,8,10H2,1-5H3. The van der Waals surface area contributed by atoms with Crippen molar-refractivity contribution >= 4 is 17.4 Å². The highest BCUT2D eigenvalue weighted by Crippen LogP contribution is 2.26. The van der Waals surface area contributed by atoms with Crippen molar-refractivity contribution in [3.8, 4) is 0 Å². The van der Waals surface area contributed by atoms with Crippen molar-refractivity contribution in [1.29, 1.82) is 0 Å². The van der Waals surface area contributed by atoms with Gasteiger partial charge in [0.2, 0.25) is 0 Å². The Kier molecular flexibility index (Phi) is 6.59. The Bertz CT molecular complexity index is 391. The molecule has 4 heteroatoms.